The predicted octanol–water partition coefficient (Wildman–Crippen LogP) is 2.57. The Labute approximate surface area is 151 Å². The van der Waals surface area contributed by atoms with Crippen molar-refractivity contribution in [2.45, 2.75) is 6.92 Å². The summed E-state index contributed by atoms with van der Waals surface area (Å²) in [6.07, 6.45) is 0. The minimum atomic E-state index is -0.467. The SMILES string of the molecule is COC(=O)COc1ccc(NC(=O)COc2ccc(C)cc2OC)cc1. The predicted molar refractivity (Wildman–Crippen MR) is 95.8 cm³/mol. The lowest BCUT2D eigenvalue weighted by atomic mass is 10.2. The fourth-order valence-electron chi connectivity index (χ4n) is 2.07. The van der Waals surface area contributed by atoms with E-state index in [2.05, 4.69) is 10.1 Å². The molecule has 0 unspecified atom stereocenters. The van der Waals surface area contributed by atoms with Crippen LogP contribution >= 0.6 is 0 Å². The Morgan fingerprint density at radius 1 is 0.923 bits per heavy atom. The first-order chi connectivity index (χ1) is 12.5. The van der Waals surface area contributed by atoms with Crippen LogP contribution < -0.4 is 19.5 Å². The highest BCUT2D eigenvalue weighted by Gasteiger charge is 2.08. The van der Waals surface area contributed by atoms with Crippen molar-refractivity contribution < 1.29 is 28.5 Å². The van der Waals surface area contributed by atoms with Crippen molar-refractivity contribution in [2.24, 2.45) is 0 Å². The van der Waals surface area contributed by atoms with E-state index in [0.29, 0.717) is 22.9 Å². The molecule has 0 heterocycles. The molecule has 1 amide bonds. The van der Waals surface area contributed by atoms with E-state index in [1.807, 2.05) is 19.1 Å². The molecule has 0 spiro atoms. The van der Waals surface area contributed by atoms with E-state index in [-0.39, 0.29) is 19.1 Å². The highest BCUT2D eigenvalue weighted by molar-refractivity contribution is 5.91. The van der Waals surface area contributed by atoms with Crippen molar-refractivity contribution in [1.29, 1.82) is 0 Å². The molecule has 0 saturated carbocycles. The molecule has 7 heteroatoms. The number of hydrogen-bond donors (Lipinski definition) is 1. The number of anilines is 1. The molecule has 1 N–H and O–H groups in total. The van der Waals surface area contributed by atoms with Crippen LogP contribution in [0.3, 0.4) is 0 Å². The van der Waals surface area contributed by atoms with Crippen LogP contribution in [0.2, 0.25) is 0 Å². The Hall–Kier alpha value is -3.22. The third-order valence-corrected chi connectivity index (χ3v) is 3.40. The maximum Gasteiger partial charge on any atom is 0.343 e. The average molecular weight is 359 g/mol. The van der Waals surface area contributed by atoms with Crippen molar-refractivity contribution in [1.82, 2.24) is 0 Å². The number of carbonyl (C=O) groups is 2. The van der Waals surface area contributed by atoms with Crippen LogP contribution in [0.4, 0.5) is 5.69 Å². The van der Waals surface area contributed by atoms with Crippen molar-refractivity contribution >= 4 is 17.6 Å². The maximum absolute atomic E-state index is 12.0. The summed E-state index contributed by atoms with van der Waals surface area (Å²) in [4.78, 5) is 23.0. The van der Waals surface area contributed by atoms with Gasteiger partial charge in [-0.15, -0.1) is 0 Å². The topological polar surface area (TPSA) is 83.1 Å². The molecule has 138 valence electrons. The Morgan fingerprint density at radius 2 is 1.65 bits per heavy atom. The summed E-state index contributed by atoms with van der Waals surface area (Å²) in [6, 6.07) is 12.1. The van der Waals surface area contributed by atoms with E-state index in [4.69, 9.17) is 14.2 Å². The van der Waals surface area contributed by atoms with Gasteiger partial charge >= 0.3 is 5.97 Å². The number of esters is 1. The van der Waals surface area contributed by atoms with Gasteiger partial charge in [0, 0.05) is 5.69 Å². The number of nitrogens with one attached hydrogen (secondary N) is 1. The molecule has 0 radical (unpaired) electrons. The van der Waals surface area contributed by atoms with Crippen molar-refractivity contribution in [3.8, 4) is 17.2 Å². The summed E-state index contributed by atoms with van der Waals surface area (Å²) >= 11 is 0. The number of aryl methyl sites for hydroxylation is 1. The van der Waals surface area contributed by atoms with Crippen molar-refractivity contribution in [2.75, 3.05) is 32.8 Å². The number of amides is 1. The molecular formula is C19H21NO6. The fourth-order valence-corrected chi connectivity index (χ4v) is 2.07. The average Bonchev–Trinajstić information content (AvgIpc) is 2.66. The third kappa shape index (κ3) is 5.70. The smallest absolute Gasteiger partial charge is 0.343 e. The van der Waals surface area contributed by atoms with Crippen LogP contribution in [0.15, 0.2) is 42.5 Å². The molecule has 7 nitrogen and oxygen atoms in total. The number of ether oxygens (including phenoxy) is 4. The normalized spacial score (nSPS) is 9.96. The van der Waals surface area contributed by atoms with E-state index in [1.165, 1.54) is 7.11 Å². The van der Waals surface area contributed by atoms with Gasteiger partial charge in [-0.2, -0.15) is 0 Å². The van der Waals surface area contributed by atoms with Crippen LogP contribution in [0.5, 0.6) is 17.2 Å². The van der Waals surface area contributed by atoms with Gasteiger partial charge in [-0.3, -0.25) is 4.79 Å². The molecule has 2 aromatic rings. The van der Waals surface area contributed by atoms with Crippen LogP contribution in [0, 0.1) is 6.92 Å². The number of carbonyl (C=O) groups excluding carboxylic acids is 2. The summed E-state index contributed by atoms with van der Waals surface area (Å²) in [5, 5.41) is 2.71. The van der Waals surface area contributed by atoms with E-state index < -0.39 is 5.97 Å². The Bertz CT molecular complexity index is 757. The lowest BCUT2D eigenvalue weighted by Crippen LogP contribution is -2.20. The molecule has 26 heavy (non-hydrogen) atoms. The molecule has 0 atom stereocenters. The summed E-state index contributed by atoms with van der Waals surface area (Å²) < 4.78 is 20.5. The lowest BCUT2D eigenvalue weighted by molar-refractivity contribution is -0.142. The third-order valence-electron chi connectivity index (χ3n) is 3.40. The van der Waals surface area contributed by atoms with Crippen molar-refractivity contribution in [3.05, 3.63) is 48.0 Å². The monoisotopic (exact) mass is 359 g/mol. The van der Waals surface area contributed by atoms with Gasteiger partial charge in [0.25, 0.3) is 5.91 Å². The molecule has 0 aliphatic carbocycles. The number of hydrogen-bond acceptors (Lipinski definition) is 6. The molecule has 0 fully saturated rings. The summed E-state index contributed by atoms with van der Waals surface area (Å²) in [7, 11) is 2.84. The number of methoxy groups -OCH3 is 2. The molecule has 0 bridgehead atoms. The lowest BCUT2D eigenvalue weighted by Gasteiger charge is -2.11. The molecule has 0 saturated heterocycles. The first-order valence-corrected chi connectivity index (χ1v) is 7.89. The zero-order valence-electron chi connectivity index (χ0n) is 14.9. The standard InChI is InChI=1S/C19H21NO6/c1-13-4-9-16(17(10-13)23-2)26-11-18(21)20-14-5-7-15(8-6-14)25-12-19(22)24-3/h4-10H,11-12H2,1-3H3,(H,20,21). The molecule has 0 aromatic heterocycles. The quantitative estimate of drug-likeness (QED) is 0.730. The second-order valence-corrected chi connectivity index (χ2v) is 5.38. The van der Waals surface area contributed by atoms with Gasteiger partial charge in [0.05, 0.1) is 14.2 Å². The van der Waals surface area contributed by atoms with Crippen LogP contribution in [0.1, 0.15) is 5.56 Å². The van der Waals surface area contributed by atoms with E-state index in [0.717, 1.165) is 5.56 Å². The van der Waals surface area contributed by atoms with Crippen LogP contribution in [-0.4, -0.2) is 39.3 Å². The van der Waals surface area contributed by atoms with Gasteiger partial charge in [0.2, 0.25) is 0 Å². The second kappa shape index (κ2) is 9.31. The Morgan fingerprint density at radius 3 is 2.31 bits per heavy atom. The van der Waals surface area contributed by atoms with Gasteiger partial charge < -0.3 is 24.3 Å². The zero-order chi connectivity index (χ0) is 18.9. The number of rotatable bonds is 8. The zero-order valence-corrected chi connectivity index (χ0v) is 14.9. The molecule has 2 aromatic carbocycles. The first-order valence-electron chi connectivity index (χ1n) is 7.89. The van der Waals surface area contributed by atoms with Gasteiger partial charge in [-0.1, -0.05) is 6.07 Å². The largest absolute Gasteiger partial charge is 0.493 e. The summed E-state index contributed by atoms with van der Waals surface area (Å²) in [5.74, 6) is 0.792. The molecule has 0 aliphatic heterocycles. The number of benzene rings is 2. The van der Waals surface area contributed by atoms with Gasteiger partial charge in [0.15, 0.2) is 24.7 Å². The molecule has 0 aliphatic rings. The fraction of sp³-hybridized carbons (Fsp3) is 0.263. The Kier molecular flexibility index (Phi) is 6.84. The van der Waals surface area contributed by atoms with Gasteiger partial charge in [0.1, 0.15) is 5.75 Å². The van der Waals surface area contributed by atoms with E-state index in [9.17, 15) is 9.59 Å². The second-order valence-electron chi connectivity index (χ2n) is 5.38. The highest BCUT2D eigenvalue weighted by atomic mass is 16.6. The summed E-state index contributed by atoms with van der Waals surface area (Å²) in [5.41, 5.74) is 1.62. The van der Waals surface area contributed by atoms with Gasteiger partial charge in [-0.25, -0.2) is 4.79 Å². The molecular weight excluding hydrogens is 338 g/mol. The van der Waals surface area contributed by atoms with Gasteiger partial charge in [-0.05, 0) is 48.9 Å². The summed E-state index contributed by atoms with van der Waals surface area (Å²) in [6.45, 7) is 1.62. The minimum absolute atomic E-state index is 0.153. The maximum atomic E-state index is 12.0. The van der Waals surface area contributed by atoms with Crippen LogP contribution in [0.25, 0.3) is 0 Å². The molecule has 2 rings (SSSR count). The van der Waals surface area contributed by atoms with Crippen molar-refractivity contribution in [3.63, 3.8) is 0 Å². The van der Waals surface area contributed by atoms with Crippen LogP contribution in [-0.2, 0) is 14.3 Å². The Balaban J connectivity index is 1.85. The highest BCUT2D eigenvalue weighted by Crippen LogP contribution is 2.27. The van der Waals surface area contributed by atoms with E-state index in [1.54, 1.807) is 37.4 Å². The first kappa shape index (κ1) is 19.1. The minimum Gasteiger partial charge on any atom is -0.493 e. The van der Waals surface area contributed by atoms with E-state index >= 15 is 0 Å².